The standard InChI is InChI=1S/C34H41N3O5/c1-34(2,3)30(35)32(39)37-21-27-14-10-9-13-26(27)19-28(37)31(38)36(29(22-41-4)24-11-7-6-8-12-24)20-23-15-17-25(18-16-23)33(40)42-5/h6-18,28-30H,19-22,35H2,1-5H3/t28-,29-,30+/m0/s1. The Morgan fingerprint density at radius 3 is 2.14 bits per heavy atom. The number of fused-ring (bicyclic) bond motifs is 1. The first kappa shape index (κ1) is 30.9. The molecule has 1 heterocycles. The minimum Gasteiger partial charge on any atom is -0.465 e. The molecule has 3 aromatic carbocycles. The van der Waals surface area contributed by atoms with E-state index < -0.39 is 29.5 Å². The summed E-state index contributed by atoms with van der Waals surface area (Å²) in [7, 11) is 2.95. The zero-order valence-corrected chi connectivity index (χ0v) is 25.1. The van der Waals surface area contributed by atoms with Crippen molar-refractivity contribution in [1.82, 2.24) is 9.80 Å². The first-order valence-electron chi connectivity index (χ1n) is 14.2. The Kier molecular flexibility index (Phi) is 9.81. The Balaban J connectivity index is 1.77. The number of hydrogen-bond donors (Lipinski definition) is 1. The van der Waals surface area contributed by atoms with Crippen LogP contribution in [-0.2, 0) is 38.6 Å². The van der Waals surface area contributed by atoms with Gasteiger partial charge in [-0.15, -0.1) is 0 Å². The van der Waals surface area contributed by atoms with Gasteiger partial charge in [-0.1, -0.05) is 87.5 Å². The Bertz CT molecular complexity index is 1380. The van der Waals surface area contributed by atoms with Gasteiger partial charge >= 0.3 is 5.97 Å². The molecular formula is C34H41N3O5. The van der Waals surface area contributed by atoms with Gasteiger partial charge in [0.1, 0.15) is 6.04 Å². The van der Waals surface area contributed by atoms with Crippen molar-refractivity contribution in [2.75, 3.05) is 20.8 Å². The van der Waals surface area contributed by atoms with Gasteiger partial charge in [0.25, 0.3) is 0 Å². The molecule has 3 aromatic rings. The molecule has 0 aromatic heterocycles. The number of hydrogen-bond acceptors (Lipinski definition) is 6. The molecule has 0 saturated carbocycles. The van der Waals surface area contributed by atoms with Crippen molar-refractivity contribution < 1.29 is 23.9 Å². The zero-order chi connectivity index (χ0) is 30.4. The van der Waals surface area contributed by atoms with Crippen LogP contribution >= 0.6 is 0 Å². The summed E-state index contributed by atoms with van der Waals surface area (Å²) in [5.74, 6) is -0.871. The van der Waals surface area contributed by atoms with Gasteiger partial charge in [-0.2, -0.15) is 0 Å². The Hall–Kier alpha value is -4.01. The third-order valence-corrected chi connectivity index (χ3v) is 7.91. The monoisotopic (exact) mass is 571 g/mol. The number of methoxy groups -OCH3 is 2. The van der Waals surface area contributed by atoms with Gasteiger partial charge in [-0.05, 0) is 39.8 Å². The molecule has 0 fully saturated rings. The highest BCUT2D eigenvalue weighted by atomic mass is 16.5. The molecular weight excluding hydrogens is 530 g/mol. The quantitative estimate of drug-likeness (QED) is 0.379. The van der Waals surface area contributed by atoms with Gasteiger partial charge in [0.05, 0.1) is 31.4 Å². The number of carbonyl (C=O) groups is 3. The lowest BCUT2D eigenvalue weighted by Crippen LogP contribution is -2.59. The van der Waals surface area contributed by atoms with E-state index in [9.17, 15) is 14.4 Å². The highest BCUT2D eigenvalue weighted by Gasteiger charge is 2.42. The molecule has 2 N–H and O–H groups in total. The molecule has 222 valence electrons. The van der Waals surface area contributed by atoms with Crippen molar-refractivity contribution in [1.29, 1.82) is 0 Å². The van der Waals surface area contributed by atoms with Crippen LogP contribution in [0.15, 0.2) is 78.9 Å². The molecule has 0 spiro atoms. The summed E-state index contributed by atoms with van der Waals surface area (Å²) in [4.78, 5) is 44.1. The van der Waals surface area contributed by atoms with Crippen LogP contribution in [-0.4, -0.2) is 60.5 Å². The van der Waals surface area contributed by atoms with E-state index in [-0.39, 0.29) is 25.0 Å². The Labute approximate surface area is 248 Å². The van der Waals surface area contributed by atoms with Crippen molar-refractivity contribution in [3.63, 3.8) is 0 Å². The van der Waals surface area contributed by atoms with Gasteiger partial charge in [0.2, 0.25) is 11.8 Å². The van der Waals surface area contributed by atoms with E-state index in [0.717, 1.165) is 22.3 Å². The Morgan fingerprint density at radius 2 is 1.55 bits per heavy atom. The molecule has 0 radical (unpaired) electrons. The molecule has 2 amide bonds. The molecule has 3 atom stereocenters. The van der Waals surface area contributed by atoms with E-state index in [1.54, 1.807) is 29.0 Å². The minimum atomic E-state index is -0.777. The number of benzene rings is 3. The fraction of sp³-hybridized carbons (Fsp3) is 0.382. The van der Waals surface area contributed by atoms with Crippen molar-refractivity contribution >= 4 is 17.8 Å². The summed E-state index contributed by atoms with van der Waals surface area (Å²) < 4.78 is 10.5. The summed E-state index contributed by atoms with van der Waals surface area (Å²) in [6.45, 7) is 6.59. The van der Waals surface area contributed by atoms with E-state index >= 15 is 0 Å². The van der Waals surface area contributed by atoms with E-state index in [1.165, 1.54) is 7.11 Å². The highest BCUT2D eigenvalue weighted by molar-refractivity contribution is 5.91. The molecule has 8 nitrogen and oxygen atoms in total. The topological polar surface area (TPSA) is 102 Å². The number of nitrogens with zero attached hydrogens (tertiary/aromatic N) is 2. The molecule has 4 rings (SSSR count). The van der Waals surface area contributed by atoms with Crippen LogP contribution in [0.3, 0.4) is 0 Å². The maximum atomic E-state index is 14.8. The smallest absolute Gasteiger partial charge is 0.337 e. The Morgan fingerprint density at radius 1 is 0.929 bits per heavy atom. The first-order valence-corrected chi connectivity index (χ1v) is 14.2. The zero-order valence-electron chi connectivity index (χ0n) is 25.1. The third-order valence-electron chi connectivity index (χ3n) is 7.91. The fourth-order valence-electron chi connectivity index (χ4n) is 5.32. The molecule has 1 aliphatic heterocycles. The van der Waals surface area contributed by atoms with Gasteiger partial charge in [0.15, 0.2) is 0 Å². The van der Waals surface area contributed by atoms with Gasteiger partial charge in [-0.25, -0.2) is 4.79 Å². The highest BCUT2D eigenvalue weighted by Crippen LogP contribution is 2.31. The summed E-state index contributed by atoms with van der Waals surface area (Å²) in [5, 5.41) is 0. The second-order valence-electron chi connectivity index (χ2n) is 11.8. The lowest BCUT2D eigenvalue weighted by Gasteiger charge is -2.43. The summed E-state index contributed by atoms with van der Waals surface area (Å²) in [5.41, 5.74) is 10.2. The van der Waals surface area contributed by atoms with Crippen molar-refractivity contribution in [2.24, 2.45) is 11.1 Å². The van der Waals surface area contributed by atoms with E-state index in [0.29, 0.717) is 18.5 Å². The van der Waals surface area contributed by atoms with E-state index in [1.807, 2.05) is 87.5 Å². The summed E-state index contributed by atoms with van der Waals surface area (Å²) in [6, 6.07) is 22.7. The predicted octanol–water partition coefficient (Wildman–Crippen LogP) is 4.52. The van der Waals surface area contributed by atoms with Gasteiger partial charge < -0.3 is 25.0 Å². The number of rotatable bonds is 9. The van der Waals surface area contributed by atoms with E-state index in [2.05, 4.69) is 0 Å². The second-order valence-corrected chi connectivity index (χ2v) is 11.8. The lowest BCUT2D eigenvalue weighted by molar-refractivity contribution is -0.151. The average Bonchev–Trinajstić information content (AvgIpc) is 3.00. The molecule has 42 heavy (non-hydrogen) atoms. The molecule has 0 aliphatic carbocycles. The van der Waals surface area contributed by atoms with Crippen LogP contribution in [0.25, 0.3) is 0 Å². The van der Waals surface area contributed by atoms with Crippen LogP contribution in [0, 0.1) is 5.41 Å². The molecule has 0 unspecified atom stereocenters. The van der Waals surface area contributed by atoms with Crippen LogP contribution in [0.5, 0.6) is 0 Å². The SMILES string of the molecule is COC[C@@H](c1ccccc1)N(Cc1ccc(C(=O)OC)cc1)C(=O)[C@@H]1Cc2ccccc2CN1C(=O)[C@@H](N)C(C)(C)C. The maximum Gasteiger partial charge on any atom is 0.337 e. The lowest BCUT2D eigenvalue weighted by atomic mass is 9.84. The first-order chi connectivity index (χ1) is 20.0. The van der Waals surface area contributed by atoms with E-state index in [4.69, 9.17) is 15.2 Å². The second kappa shape index (κ2) is 13.3. The van der Waals surface area contributed by atoms with Crippen LogP contribution in [0.1, 0.15) is 59.4 Å². The number of carbonyl (C=O) groups excluding carboxylic acids is 3. The predicted molar refractivity (Wildman–Crippen MR) is 161 cm³/mol. The van der Waals surface area contributed by atoms with Crippen molar-refractivity contribution in [3.8, 4) is 0 Å². The fourth-order valence-corrected chi connectivity index (χ4v) is 5.32. The summed E-state index contributed by atoms with van der Waals surface area (Å²) in [6.07, 6.45) is 0.379. The van der Waals surface area contributed by atoms with Crippen molar-refractivity contribution in [2.45, 2.75) is 58.4 Å². The third kappa shape index (κ3) is 6.89. The minimum absolute atomic E-state index is 0.193. The molecule has 1 aliphatic rings. The molecule has 0 bridgehead atoms. The number of nitrogens with two attached hydrogens (primary N) is 1. The van der Waals surface area contributed by atoms with Crippen LogP contribution in [0.2, 0.25) is 0 Å². The normalized spacial score (nSPS) is 16.2. The largest absolute Gasteiger partial charge is 0.465 e. The number of amides is 2. The van der Waals surface area contributed by atoms with Crippen LogP contribution < -0.4 is 5.73 Å². The summed E-state index contributed by atoms with van der Waals surface area (Å²) >= 11 is 0. The van der Waals surface area contributed by atoms with Crippen LogP contribution in [0.4, 0.5) is 0 Å². The molecule has 0 saturated heterocycles. The maximum absolute atomic E-state index is 14.8. The average molecular weight is 572 g/mol. The molecule has 8 heteroatoms. The number of ether oxygens (including phenoxy) is 2. The van der Waals surface area contributed by atoms with Crippen molar-refractivity contribution in [3.05, 3.63) is 107 Å². The van der Waals surface area contributed by atoms with Gasteiger partial charge in [-0.3, -0.25) is 9.59 Å². The van der Waals surface area contributed by atoms with Gasteiger partial charge in [0, 0.05) is 26.6 Å². The number of esters is 1.